The molecule has 1 aromatic heterocycles. The Morgan fingerprint density at radius 1 is 1.62 bits per heavy atom. The molecule has 0 radical (unpaired) electrons. The van der Waals surface area contributed by atoms with Crippen LogP contribution in [0, 0.1) is 0 Å². The van der Waals surface area contributed by atoms with Crippen molar-refractivity contribution in [3.8, 4) is 0 Å². The highest BCUT2D eigenvalue weighted by molar-refractivity contribution is 5.90. The average molecular weight is 227 g/mol. The third-order valence-electron chi connectivity index (χ3n) is 2.43. The Morgan fingerprint density at radius 3 is 2.75 bits per heavy atom. The fraction of sp³-hybridized carbons (Fsp3) is 0.600. The normalized spacial score (nSPS) is 11.6. The molecule has 6 heteroatoms. The van der Waals surface area contributed by atoms with Gasteiger partial charge in [-0.25, -0.2) is 10.7 Å². The lowest BCUT2D eigenvalue weighted by Gasteiger charge is -2.24. The van der Waals surface area contributed by atoms with Crippen molar-refractivity contribution in [2.45, 2.75) is 19.3 Å². The minimum atomic E-state index is -0.413. The van der Waals surface area contributed by atoms with Gasteiger partial charge in [0, 0.05) is 12.5 Å². The molecule has 1 rings (SSSR count). The molecule has 0 aromatic carbocycles. The molecule has 0 atom stereocenters. The summed E-state index contributed by atoms with van der Waals surface area (Å²) in [7, 11) is 3.10. The molecule has 2 N–H and O–H groups in total. The highest BCUT2D eigenvalue weighted by Gasteiger charge is 2.30. The van der Waals surface area contributed by atoms with Crippen LogP contribution in [0.5, 0.6) is 0 Å². The lowest BCUT2D eigenvalue weighted by atomic mass is 9.87. The van der Waals surface area contributed by atoms with Gasteiger partial charge < -0.3 is 9.57 Å². The van der Waals surface area contributed by atoms with Crippen molar-refractivity contribution < 1.29 is 14.4 Å². The van der Waals surface area contributed by atoms with Crippen LogP contribution in [0.2, 0.25) is 0 Å². The molecular weight excluding hydrogens is 210 g/mol. The zero-order valence-corrected chi connectivity index (χ0v) is 9.98. The number of methoxy groups -OCH3 is 1. The molecule has 0 aliphatic carbocycles. The van der Waals surface area contributed by atoms with E-state index in [1.54, 1.807) is 11.7 Å². The van der Waals surface area contributed by atoms with E-state index in [4.69, 9.17) is 10.6 Å². The number of ether oxygens (including phenoxy) is 1. The maximum absolute atomic E-state index is 11.6. The number of esters is 1. The van der Waals surface area contributed by atoms with E-state index in [0.717, 1.165) is 5.69 Å². The number of carbonyl (C=O) groups excluding carboxylic acids is 1. The van der Waals surface area contributed by atoms with E-state index in [2.05, 4.69) is 9.94 Å². The van der Waals surface area contributed by atoms with Gasteiger partial charge in [0.15, 0.2) is 0 Å². The minimum Gasteiger partial charge on any atom is -0.465 e. The summed E-state index contributed by atoms with van der Waals surface area (Å²) in [5.74, 6) is 4.67. The van der Waals surface area contributed by atoms with Crippen LogP contribution in [0.25, 0.3) is 0 Å². The summed E-state index contributed by atoms with van der Waals surface area (Å²) < 4.78 is 6.33. The molecule has 0 aliphatic heterocycles. The Balaban J connectivity index is 3.20. The third-order valence-corrected chi connectivity index (χ3v) is 2.43. The van der Waals surface area contributed by atoms with Crippen LogP contribution >= 0.6 is 0 Å². The summed E-state index contributed by atoms with van der Waals surface area (Å²) in [5.41, 5.74) is 0.764. The van der Waals surface area contributed by atoms with Gasteiger partial charge in [-0.1, -0.05) is 13.8 Å². The largest absolute Gasteiger partial charge is 0.465 e. The molecule has 0 unspecified atom stereocenters. The molecule has 1 heterocycles. The standard InChI is InChI=1S/C10H17N3O3/c1-10(2,6-16-11)8-7(9(14)15-4)5-12-13(8)3/h5H,6,11H2,1-4H3. The van der Waals surface area contributed by atoms with E-state index in [-0.39, 0.29) is 6.61 Å². The first-order valence-electron chi connectivity index (χ1n) is 4.86. The number of aromatic nitrogens is 2. The first-order valence-corrected chi connectivity index (χ1v) is 4.86. The SMILES string of the molecule is COC(=O)c1cnn(C)c1C(C)(C)CON. The van der Waals surface area contributed by atoms with E-state index >= 15 is 0 Å². The summed E-state index contributed by atoms with van der Waals surface area (Å²) in [6.07, 6.45) is 1.49. The molecule has 0 spiro atoms. The lowest BCUT2D eigenvalue weighted by Crippen LogP contribution is -2.30. The molecule has 1 aromatic rings. The van der Waals surface area contributed by atoms with Gasteiger partial charge in [0.2, 0.25) is 0 Å². The first kappa shape index (κ1) is 12.7. The monoisotopic (exact) mass is 227 g/mol. The van der Waals surface area contributed by atoms with Gasteiger partial charge in [-0.3, -0.25) is 4.68 Å². The molecular formula is C10H17N3O3. The maximum Gasteiger partial charge on any atom is 0.341 e. The van der Waals surface area contributed by atoms with Gasteiger partial charge in [-0.2, -0.15) is 5.10 Å². The quantitative estimate of drug-likeness (QED) is 0.594. The van der Waals surface area contributed by atoms with Gasteiger partial charge in [0.1, 0.15) is 5.56 Å². The third kappa shape index (κ3) is 2.23. The molecule has 0 saturated heterocycles. The summed E-state index contributed by atoms with van der Waals surface area (Å²) >= 11 is 0. The van der Waals surface area contributed by atoms with Gasteiger partial charge in [-0.05, 0) is 0 Å². The fourth-order valence-corrected chi connectivity index (χ4v) is 1.78. The number of hydrogen-bond acceptors (Lipinski definition) is 5. The van der Waals surface area contributed by atoms with Crippen molar-refractivity contribution in [1.82, 2.24) is 9.78 Å². The van der Waals surface area contributed by atoms with Crippen LogP contribution in [-0.4, -0.2) is 29.5 Å². The van der Waals surface area contributed by atoms with E-state index in [0.29, 0.717) is 5.56 Å². The van der Waals surface area contributed by atoms with E-state index in [9.17, 15) is 4.79 Å². The van der Waals surface area contributed by atoms with Crippen molar-refractivity contribution in [3.05, 3.63) is 17.5 Å². The van der Waals surface area contributed by atoms with Crippen LogP contribution in [0.4, 0.5) is 0 Å². The number of aryl methyl sites for hydroxylation is 1. The van der Waals surface area contributed by atoms with Crippen molar-refractivity contribution in [2.75, 3.05) is 13.7 Å². The number of carbonyl (C=O) groups is 1. The topological polar surface area (TPSA) is 79.4 Å². The number of hydrogen-bond donors (Lipinski definition) is 1. The maximum atomic E-state index is 11.6. The fourth-order valence-electron chi connectivity index (χ4n) is 1.78. The highest BCUT2D eigenvalue weighted by atomic mass is 16.6. The molecule has 90 valence electrons. The van der Waals surface area contributed by atoms with Crippen LogP contribution in [-0.2, 0) is 22.0 Å². The summed E-state index contributed by atoms with van der Waals surface area (Å²) in [5, 5.41) is 4.05. The predicted octanol–water partition coefficient (Wildman–Crippen LogP) is 0.375. The zero-order chi connectivity index (χ0) is 12.3. The summed E-state index contributed by atoms with van der Waals surface area (Å²) in [4.78, 5) is 16.2. The number of rotatable bonds is 4. The van der Waals surface area contributed by atoms with Crippen LogP contribution in [0.3, 0.4) is 0 Å². The second-order valence-corrected chi connectivity index (χ2v) is 4.22. The van der Waals surface area contributed by atoms with E-state index < -0.39 is 11.4 Å². The van der Waals surface area contributed by atoms with Crippen LogP contribution < -0.4 is 5.90 Å². The molecule has 0 bridgehead atoms. The van der Waals surface area contributed by atoms with Crippen molar-refractivity contribution in [2.24, 2.45) is 12.9 Å². The summed E-state index contributed by atoms with van der Waals surface area (Å²) in [6, 6.07) is 0. The Morgan fingerprint density at radius 2 is 2.25 bits per heavy atom. The second-order valence-electron chi connectivity index (χ2n) is 4.22. The Bertz CT molecular complexity index is 385. The zero-order valence-electron chi connectivity index (χ0n) is 9.98. The van der Waals surface area contributed by atoms with Gasteiger partial charge >= 0.3 is 5.97 Å². The lowest BCUT2D eigenvalue weighted by molar-refractivity contribution is 0.0590. The predicted molar refractivity (Wildman–Crippen MR) is 57.7 cm³/mol. The van der Waals surface area contributed by atoms with E-state index in [1.165, 1.54) is 13.3 Å². The Kier molecular flexibility index (Phi) is 3.66. The smallest absolute Gasteiger partial charge is 0.341 e. The van der Waals surface area contributed by atoms with Crippen molar-refractivity contribution >= 4 is 5.97 Å². The van der Waals surface area contributed by atoms with Crippen molar-refractivity contribution in [3.63, 3.8) is 0 Å². The molecule has 0 aliphatic rings. The van der Waals surface area contributed by atoms with Gasteiger partial charge in [-0.15, -0.1) is 0 Å². The highest BCUT2D eigenvalue weighted by Crippen LogP contribution is 2.26. The second kappa shape index (κ2) is 4.63. The van der Waals surface area contributed by atoms with Gasteiger partial charge in [0.05, 0.1) is 25.6 Å². The van der Waals surface area contributed by atoms with E-state index in [1.807, 2.05) is 13.8 Å². The Hall–Kier alpha value is -1.40. The number of nitrogens with two attached hydrogens (primary N) is 1. The Labute approximate surface area is 94.3 Å². The molecule has 6 nitrogen and oxygen atoms in total. The average Bonchev–Trinajstić information content (AvgIpc) is 2.59. The minimum absolute atomic E-state index is 0.288. The number of nitrogens with zero attached hydrogens (tertiary/aromatic N) is 2. The summed E-state index contributed by atoms with van der Waals surface area (Å²) in [6.45, 7) is 4.13. The van der Waals surface area contributed by atoms with Crippen LogP contribution in [0.15, 0.2) is 6.20 Å². The molecule has 0 amide bonds. The van der Waals surface area contributed by atoms with Crippen molar-refractivity contribution in [1.29, 1.82) is 0 Å². The van der Waals surface area contributed by atoms with Gasteiger partial charge in [0.25, 0.3) is 0 Å². The first-order chi connectivity index (χ1) is 7.44. The van der Waals surface area contributed by atoms with Crippen LogP contribution in [0.1, 0.15) is 29.9 Å². The molecule has 16 heavy (non-hydrogen) atoms. The molecule has 0 saturated carbocycles. The molecule has 0 fully saturated rings.